The van der Waals surface area contributed by atoms with Crippen LogP contribution < -0.4 is 4.90 Å². The molecule has 1 unspecified atom stereocenters. The van der Waals surface area contributed by atoms with Crippen molar-refractivity contribution in [1.29, 1.82) is 0 Å². The topological polar surface area (TPSA) is 36.4 Å². The summed E-state index contributed by atoms with van der Waals surface area (Å²) in [5, 5.41) is 9.18. The first-order valence-electron chi connectivity index (χ1n) is 7.32. The Morgan fingerprint density at radius 3 is 2.79 bits per heavy atom. The van der Waals surface area contributed by atoms with Crippen LogP contribution in [0.3, 0.4) is 0 Å². The summed E-state index contributed by atoms with van der Waals surface area (Å²) >= 11 is 0. The maximum absolute atomic E-state index is 14.3. The van der Waals surface area contributed by atoms with Crippen molar-refractivity contribution in [2.24, 2.45) is 5.92 Å². The molecule has 0 amide bonds. The molecular weight excluding hydrogens is 243 g/mol. The number of aromatic nitrogens is 1. The summed E-state index contributed by atoms with van der Waals surface area (Å²) in [4.78, 5) is 6.37. The minimum absolute atomic E-state index is 0.261. The zero-order valence-electron chi connectivity index (χ0n) is 11.2. The molecule has 1 aliphatic carbocycles. The number of nitrogens with zero attached hydrogens (tertiary/aromatic N) is 2. The van der Waals surface area contributed by atoms with Crippen LogP contribution in [0.5, 0.6) is 0 Å². The molecule has 1 N–H and O–H groups in total. The summed E-state index contributed by atoms with van der Waals surface area (Å²) in [5.74, 6) is 0.803. The van der Waals surface area contributed by atoms with Gasteiger partial charge in [0.1, 0.15) is 0 Å². The second kappa shape index (κ2) is 5.45. The van der Waals surface area contributed by atoms with E-state index in [1.807, 2.05) is 0 Å². The summed E-state index contributed by atoms with van der Waals surface area (Å²) in [6, 6.07) is 2.00. The third kappa shape index (κ3) is 2.34. The normalized spacial score (nSPS) is 24.3. The minimum Gasteiger partial charge on any atom is -0.392 e. The van der Waals surface area contributed by atoms with Gasteiger partial charge in [-0.3, -0.25) is 0 Å². The Hall–Kier alpha value is -1.16. The molecule has 3 rings (SSSR count). The van der Waals surface area contributed by atoms with Gasteiger partial charge < -0.3 is 10.0 Å². The monoisotopic (exact) mass is 264 g/mol. The van der Waals surface area contributed by atoms with Gasteiger partial charge in [-0.2, -0.15) is 0 Å². The Morgan fingerprint density at radius 2 is 2.05 bits per heavy atom. The van der Waals surface area contributed by atoms with Crippen LogP contribution in [0.25, 0.3) is 0 Å². The zero-order valence-corrected chi connectivity index (χ0v) is 11.2. The maximum Gasteiger partial charge on any atom is 0.171 e. The molecule has 0 spiro atoms. The molecule has 0 radical (unpaired) electrons. The van der Waals surface area contributed by atoms with Crippen LogP contribution in [-0.4, -0.2) is 22.7 Å². The first-order valence-corrected chi connectivity index (χ1v) is 7.32. The lowest BCUT2D eigenvalue weighted by atomic mass is 9.96. The molecular formula is C15H21FN2O. The number of aliphatic hydroxyl groups is 1. The van der Waals surface area contributed by atoms with Crippen molar-refractivity contribution < 1.29 is 9.50 Å². The van der Waals surface area contributed by atoms with E-state index in [2.05, 4.69) is 9.88 Å². The van der Waals surface area contributed by atoms with Crippen LogP contribution >= 0.6 is 0 Å². The molecule has 0 aromatic carbocycles. The molecule has 4 heteroatoms. The predicted molar refractivity (Wildman–Crippen MR) is 72.4 cm³/mol. The third-order valence-electron chi connectivity index (χ3n) is 4.64. The first-order chi connectivity index (χ1) is 9.31. The molecule has 19 heavy (non-hydrogen) atoms. The second-order valence-corrected chi connectivity index (χ2v) is 5.71. The summed E-state index contributed by atoms with van der Waals surface area (Å²) in [5.41, 5.74) is 0.349. The van der Waals surface area contributed by atoms with Gasteiger partial charge in [-0.15, -0.1) is 0 Å². The largest absolute Gasteiger partial charge is 0.392 e. The van der Waals surface area contributed by atoms with Gasteiger partial charge in [0.15, 0.2) is 11.6 Å². The van der Waals surface area contributed by atoms with Crippen LogP contribution in [0, 0.1) is 11.7 Å². The average molecular weight is 264 g/mol. The Balaban J connectivity index is 1.87. The van der Waals surface area contributed by atoms with Gasteiger partial charge in [0.05, 0.1) is 6.61 Å². The molecule has 1 saturated carbocycles. The molecule has 104 valence electrons. The van der Waals surface area contributed by atoms with E-state index in [9.17, 15) is 9.50 Å². The third-order valence-corrected chi connectivity index (χ3v) is 4.64. The predicted octanol–water partition coefficient (Wildman–Crippen LogP) is 2.87. The lowest BCUT2D eigenvalue weighted by molar-refractivity contribution is 0.275. The van der Waals surface area contributed by atoms with E-state index in [1.54, 1.807) is 12.3 Å². The molecule has 1 aliphatic heterocycles. The molecule has 1 aromatic rings. The maximum atomic E-state index is 14.3. The number of aliphatic hydroxyl groups excluding tert-OH is 1. The summed E-state index contributed by atoms with van der Waals surface area (Å²) in [6.07, 6.45) is 9.02. The molecule has 1 aromatic heterocycles. The molecule has 0 bridgehead atoms. The van der Waals surface area contributed by atoms with Gasteiger partial charge in [-0.05, 0) is 37.7 Å². The number of rotatable bonds is 3. The average Bonchev–Trinajstić information content (AvgIpc) is 3.09. The molecule has 2 fully saturated rings. The number of pyridine rings is 1. The number of hydrogen-bond acceptors (Lipinski definition) is 3. The van der Waals surface area contributed by atoms with E-state index >= 15 is 0 Å². The van der Waals surface area contributed by atoms with Gasteiger partial charge in [0.2, 0.25) is 0 Å². The molecule has 3 nitrogen and oxygen atoms in total. The highest BCUT2D eigenvalue weighted by atomic mass is 19.1. The highest BCUT2D eigenvalue weighted by Crippen LogP contribution is 2.38. The molecule has 1 atom stereocenters. The summed E-state index contributed by atoms with van der Waals surface area (Å²) in [6.45, 7) is 0.628. The van der Waals surface area contributed by atoms with Crippen LogP contribution in [0.4, 0.5) is 10.2 Å². The fourth-order valence-electron chi connectivity index (χ4n) is 3.68. The fraction of sp³-hybridized carbons (Fsp3) is 0.667. The van der Waals surface area contributed by atoms with Crippen molar-refractivity contribution in [1.82, 2.24) is 4.98 Å². The van der Waals surface area contributed by atoms with Gasteiger partial charge in [0.25, 0.3) is 0 Å². The second-order valence-electron chi connectivity index (χ2n) is 5.71. The summed E-state index contributed by atoms with van der Waals surface area (Å²) < 4.78 is 14.3. The van der Waals surface area contributed by atoms with E-state index in [0.717, 1.165) is 19.4 Å². The SMILES string of the molecule is OCc1ccnc(N2CCCC2C2CCCC2)c1F. The lowest BCUT2D eigenvalue weighted by Crippen LogP contribution is -2.36. The van der Waals surface area contributed by atoms with Crippen molar-refractivity contribution in [3.8, 4) is 0 Å². The number of hydrogen-bond donors (Lipinski definition) is 1. The first kappa shape index (κ1) is 12.9. The van der Waals surface area contributed by atoms with Gasteiger partial charge >= 0.3 is 0 Å². The summed E-state index contributed by atoms with van der Waals surface area (Å²) in [7, 11) is 0. The van der Waals surface area contributed by atoms with Crippen molar-refractivity contribution in [2.45, 2.75) is 51.2 Å². The van der Waals surface area contributed by atoms with Crippen molar-refractivity contribution in [3.05, 3.63) is 23.6 Å². The highest BCUT2D eigenvalue weighted by Gasteiger charge is 2.35. The smallest absolute Gasteiger partial charge is 0.171 e. The quantitative estimate of drug-likeness (QED) is 0.912. The van der Waals surface area contributed by atoms with Gasteiger partial charge in [-0.1, -0.05) is 12.8 Å². The number of anilines is 1. The Morgan fingerprint density at radius 1 is 1.26 bits per heavy atom. The van der Waals surface area contributed by atoms with E-state index in [0.29, 0.717) is 23.3 Å². The Labute approximate surface area is 113 Å². The highest BCUT2D eigenvalue weighted by molar-refractivity contribution is 5.45. The van der Waals surface area contributed by atoms with E-state index < -0.39 is 0 Å². The van der Waals surface area contributed by atoms with Gasteiger partial charge in [0, 0.05) is 24.3 Å². The van der Waals surface area contributed by atoms with Crippen LogP contribution in [0.1, 0.15) is 44.1 Å². The van der Waals surface area contributed by atoms with Crippen LogP contribution in [-0.2, 0) is 6.61 Å². The molecule has 2 heterocycles. The Bertz CT molecular complexity index is 446. The number of halogens is 1. The Kier molecular flexibility index (Phi) is 3.69. The van der Waals surface area contributed by atoms with Crippen molar-refractivity contribution in [3.63, 3.8) is 0 Å². The van der Waals surface area contributed by atoms with Crippen molar-refractivity contribution >= 4 is 5.82 Å². The molecule has 2 aliphatic rings. The fourth-order valence-corrected chi connectivity index (χ4v) is 3.68. The van der Waals surface area contributed by atoms with Crippen molar-refractivity contribution in [2.75, 3.05) is 11.4 Å². The minimum atomic E-state index is -0.338. The van der Waals surface area contributed by atoms with E-state index in [1.165, 1.54) is 25.7 Å². The van der Waals surface area contributed by atoms with E-state index in [-0.39, 0.29) is 12.4 Å². The van der Waals surface area contributed by atoms with Crippen LogP contribution in [0.15, 0.2) is 12.3 Å². The van der Waals surface area contributed by atoms with Gasteiger partial charge in [-0.25, -0.2) is 9.37 Å². The zero-order chi connectivity index (χ0) is 13.2. The standard InChI is InChI=1S/C15H21FN2O/c16-14-12(10-19)7-8-17-15(14)18-9-3-6-13(18)11-4-1-2-5-11/h7-8,11,13,19H,1-6,9-10H2. The molecule has 1 saturated heterocycles. The lowest BCUT2D eigenvalue weighted by Gasteiger charge is -2.30. The van der Waals surface area contributed by atoms with Crippen LogP contribution in [0.2, 0.25) is 0 Å². The van der Waals surface area contributed by atoms with E-state index in [4.69, 9.17) is 0 Å².